The van der Waals surface area contributed by atoms with Gasteiger partial charge in [0.25, 0.3) is 0 Å². The molecule has 0 heterocycles. The predicted molar refractivity (Wildman–Crippen MR) is 74.1 cm³/mol. The number of benzene rings is 1. The Balaban J connectivity index is 2.17. The minimum absolute atomic E-state index is 0.482. The Labute approximate surface area is 103 Å². The second-order valence-corrected chi connectivity index (χ2v) is 3.96. The molecule has 0 aromatic heterocycles. The molecule has 4 heteroatoms. The lowest BCUT2D eigenvalue weighted by molar-refractivity contribution is 0.653. The number of rotatable bonds is 7. The summed E-state index contributed by atoms with van der Waals surface area (Å²) in [5.74, 6) is 0.482. The minimum Gasteiger partial charge on any atom is -0.370 e. The number of hydrogen-bond donors (Lipinski definition) is 3. The number of aliphatic imine (C=N–C) groups is 1. The number of unbranched alkanes of at least 4 members (excludes halogenated alkanes) is 3. The summed E-state index contributed by atoms with van der Waals surface area (Å²) in [5, 5.41) is 3.05. The van der Waals surface area contributed by atoms with E-state index in [1.807, 2.05) is 30.3 Å². The SMILES string of the molecule is NCCCCCCN=C(N)Nc1ccccc1. The quantitative estimate of drug-likeness (QED) is 0.383. The van der Waals surface area contributed by atoms with Gasteiger partial charge < -0.3 is 16.8 Å². The number of nitrogens with one attached hydrogen (secondary N) is 1. The molecule has 0 spiro atoms. The van der Waals surface area contributed by atoms with Gasteiger partial charge in [-0.3, -0.25) is 4.99 Å². The molecule has 5 N–H and O–H groups in total. The molecule has 0 aliphatic rings. The van der Waals surface area contributed by atoms with Gasteiger partial charge in [0.1, 0.15) is 0 Å². The average molecular weight is 234 g/mol. The van der Waals surface area contributed by atoms with E-state index < -0.39 is 0 Å². The molecule has 0 amide bonds. The van der Waals surface area contributed by atoms with Crippen LogP contribution in [0.5, 0.6) is 0 Å². The van der Waals surface area contributed by atoms with Crippen LogP contribution in [0.25, 0.3) is 0 Å². The molecule has 0 atom stereocenters. The monoisotopic (exact) mass is 234 g/mol. The van der Waals surface area contributed by atoms with Crippen molar-refractivity contribution >= 4 is 11.6 Å². The largest absolute Gasteiger partial charge is 0.370 e. The summed E-state index contributed by atoms with van der Waals surface area (Å²) in [6.07, 6.45) is 4.51. The molecule has 0 radical (unpaired) electrons. The summed E-state index contributed by atoms with van der Waals surface area (Å²) >= 11 is 0. The van der Waals surface area contributed by atoms with Gasteiger partial charge in [-0.1, -0.05) is 31.0 Å². The first-order valence-electron chi connectivity index (χ1n) is 6.15. The number of hydrogen-bond acceptors (Lipinski definition) is 2. The van der Waals surface area contributed by atoms with E-state index in [1.165, 1.54) is 12.8 Å². The van der Waals surface area contributed by atoms with E-state index in [4.69, 9.17) is 11.5 Å². The van der Waals surface area contributed by atoms with Gasteiger partial charge in [0.15, 0.2) is 5.96 Å². The van der Waals surface area contributed by atoms with Crippen LogP contribution in [-0.4, -0.2) is 19.0 Å². The van der Waals surface area contributed by atoms with E-state index in [0.717, 1.165) is 31.6 Å². The van der Waals surface area contributed by atoms with Gasteiger partial charge >= 0.3 is 0 Å². The highest BCUT2D eigenvalue weighted by Gasteiger charge is 1.93. The molecule has 1 aromatic rings. The van der Waals surface area contributed by atoms with Crippen LogP contribution in [0.1, 0.15) is 25.7 Å². The van der Waals surface area contributed by atoms with Gasteiger partial charge in [-0.05, 0) is 31.5 Å². The Morgan fingerprint density at radius 1 is 1.06 bits per heavy atom. The van der Waals surface area contributed by atoms with E-state index in [1.54, 1.807) is 0 Å². The summed E-state index contributed by atoms with van der Waals surface area (Å²) in [7, 11) is 0. The van der Waals surface area contributed by atoms with Crippen LogP contribution in [0.2, 0.25) is 0 Å². The molecule has 0 bridgehead atoms. The number of nitrogens with zero attached hydrogens (tertiary/aromatic N) is 1. The van der Waals surface area contributed by atoms with Crippen molar-refractivity contribution in [2.24, 2.45) is 16.5 Å². The average Bonchev–Trinajstić information content (AvgIpc) is 2.35. The summed E-state index contributed by atoms with van der Waals surface area (Å²) in [6.45, 7) is 1.55. The predicted octanol–water partition coefficient (Wildman–Crippen LogP) is 1.93. The van der Waals surface area contributed by atoms with Crippen LogP contribution in [0, 0.1) is 0 Å². The van der Waals surface area contributed by atoms with Crippen molar-refractivity contribution in [3.63, 3.8) is 0 Å². The standard InChI is InChI=1S/C13H22N4/c14-10-6-1-2-7-11-16-13(15)17-12-8-4-3-5-9-12/h3-5,8-9H,1-2,6-7,10-11,14H2,(H3,15,16,17). The van der Waals surface area contributed by atoms with Gasteiger partial charge in [0.05, 0.1) is 0 Å². The zero-order chi connectivity index (χ0) is 12.3. The zero-order valence-electron chi connectivity index (χ0n) is 10.2. The maximum absolute atomic E-state index is 5.77. The zero-order valence-corrected chi connectivity index (χ0v) is 10.2. The Morgan fingerprint density at radius 3 is 2.47 bits per heavy atom. The summed E-state index contributed by atoms with van der Waals surface area (Å²) < 4.78 is 0. The van der Waals surface area contributed by atoms with Crippen LogP contribution >= 0.6 is 0 Å². The topological polar surface area (TPSA) is 76.4 Å². The minimum atomic E-state index is 0.482. The molecular formula is C13H22N4. The van der Waals surface area contributed by atoms with Crippen molar-refractivity contribution in [3.05, 3.63) is 30.3 Å². The van der Waals surface area contributed by atoms with Crippen molar-refractivity contribution < 1.29 is 0 Å². The lowest BCUT2D eigenvalue weighted by Gasteiger charge is -2.04. The molecule has 17 heavy (non-hydrogen) atoms. The number of para-hydroxylation sites is 1. The lowest BCUT2D eigenvalue weighted by atomic mass is 10.2. The molecule has 0 unspecified atom stereocenters. The molecule has 0 fully saturated rings. The fourth-order valence-electron chi connectivity index (χ4n) is 1.52. The van der Waals surface area contributed by atoms with Crippen LogP contribution in [-0.2, 0) is 0 Å². The third-order valence-electron chi connectivity index (χ3n) is 2.44. The summed E-state index contributed by atoms with van der Waals surface area (Å²) in [5.41, 5.74) is 12.2. The van der Waals surface area contributed by atoms with Crippen LogP contribution in [0.3, 0.4) is 0 Å². The first kappa shape index (κ1) is 13.5. The highest BCUT2D eigenvalue weighted by Crippen LogP contribution is 2.04. The van der Waals surface area contributed by atoms with E-state index in [2.05, 4.69) is 10.3 Å². The number of nitrogens with two attached hydrogens (primary N) is 2. The Kier molecular flexibility index (Phi) is 6.82. The maximum Gasteiger partial charge on any atom is 0.193 e. The van der Waals surface area contributed by atoms with Gasteiger partial charge in [-0.2, -0.15) is 0 Å². The normalized spacial score (nSPS) is 11.5. The van der Waals surface area contributed by atoms with Gasteiger partial charge in [-0.25, -0.2) is 0 Å². The number of guanidine groups is 1. The van der Waals surface area contributed by atoms with Crippen molar-refractivity contribution in [3.8, 4) is 0 Å². The Morgan fingerprint density at radius 2 is 1.76 bits per heavy atom. The van der Waals surface area contributed by atoms with Crippen molar-refractivity contribution in [2.45, 2.75) is 25.7 Å². The lowest BCUT2D eigenvalue weighted by Crippen LogP contribution is -2.22. The molecule has 0 aliphatic heterocycles. The third kappa shape index (κ3) is 6.58. The molecule has 94 valence electrons. The Bertz CT molecular complexity index is 321. The number of anilines is 1. The fraction of sp³-hybridized carbons (Fsp3) is 0.462. The molecule has 0 saturated carbocycles. The molecular weight excluding hydrogens is 212 g/mol. The Hall–Kier alpha value is -1.55. The van der Waals surface area contributed by atoms with Gasteiger partial charge in [0.2, 0.25) is 0 Å². The van der Waals surface area contributed by atoms with E-state index in [9.17, 15) is 0 Å². The molecule has 0 aliphatic carbocycles. The molecule has 1 rings (SSSR count). The van der Waals surface area contributed by atoms with Crippen LogP contribution in [0.15, 0.2) is 35.3 Å². The smallest absolute Gasteiger partial charge is 0.193 e. The van der Waals surface area contributed by atoms with Gasteiger partial charge in [-0.15, -0.1) is 0 Å². The highest BCUT2D eigenvalue weighted by atomic mass is 15.1. The van der Waals surface area contributed by atoms with Crippen molar-refractivity contribution in [1.82, 2.24) is 0 Å². The van der Waals surface area contributed by atoms with Crippen molar-refractivity contribution in [2.75, 3.05) is 18.4 Å². The fourth-order valence-corrected chi connectivity index (χ4v) is 1.52. The van der Waals surface area contributed by atoms with Crippen LogP contribution in [0.4, 0.5) is 5.69 Å². The molecule has 0 saturated heterocycles. The van der Waals surface area contributed by atoms with E-state index >= 15 is 0 Å². The summed E-state index contributed by atoms with van der Waals surface area (Å²) in [4.78, 5) is 4.27. The van der Waals surface area contributed by atoms with E-state index in [-0.39, 0.29) is 0 Å². The van der Waals surface area contributed by atoms with E-state index in [0.29, 0.717) is 5.96 Å². The molecule has 1 aromatic carbocycles. The summed E-state index contributed by atoms with van der Waals surface area (Å²) in [6, 6.07) is 9.81. The van der Waals surface area contributed by atoms with Crippen molar-refractivity contribution in [1.29, 1.82) is 0 Å². The second-order valence-electron chi connectivity index (χ2n) is 3.96. The second kappa shape index (κ2) is 8.58. The first-order valence-corrected chi connectivity index (χ1v) is 6.15. The highest BCUT2D eigenvalue weighted by molar-refractivity contribution is 5.92. The van der Waals surface area contributed by atoms with Gasteiger partial charge in [0, 0.05) is 12.2 Å². The van der Waals surface area contributed by atoms with Crippen LogP contribution < -0.4 is 16.8 Å². The third-order valence-corrected chi connectivity index (χ3v) is 2.44. The molecule has 4 nitrogen and oxygen atoms in total. The maximum atomic E-state index is 5.77. The first-order chi connectivity index (χ1) is 8.33.